The molecule has 2 aromatic rings. The normalized spacial score (nSPS) is 22.9. The van der Waals surface area contributed by atoms with E-state index in [0.717, 1.165) is 31.7 Å². The maximum absolute atomic E-state index is 13.2. The number of aryl methyl sites for hydroxylation is 1. The highest BCUT2D eigenvalue weighted by Gasteiger charge is 2.37. The van der Waals surface area contributed by atoms with E-state index >= 15 is 0 Å². The Balaban J connectivity index is 1.41. The zero-order chi connectivity index (χ0) is 18.8. The zero-order valence-electron chi connectivity index (χ0n) is 15.5. The van der Waals surface area contributed by atoms with Gasteiger partial charge in [0.2, 0.25) is 5.91 Å². The van der Waals surface area contributed by atoms with Crippen molar-refractivity contribution in [1.82, 2.24) is 15.8 Å². The summed E-state index contributed by atoms with van der Waals surface area (Å²) in [5.41, 5.74) is 9.94. The second kappa shape index (κ2) is 7.89. The van der Waals surface area contributed by atoms with Gasteiger partial charge in [-0.05, 0) is 42.3 Å². The van der Waals surface area contributed by atoms with E-state index in [4.69, 9.17) is 11.6 Å². The second-order valence-electron chi connectivity index (χ2n) is 7.32. The minimum absolute atomic E-state index is 0.0500. The number of nitrogens with zero attached hydrogens (tertiary/aromatic N) is 2. The number of hydrazine groups is 1. The molecule has 1 amide bonds. The Kier molecular flexibility index (Phi) is 5.34. The number of hydrogen-bond acceptors (Lipinski definition) is 4. The Morgan fingerprint density at radius 2 is 1.85 bits per heavy atom. The predicted octanol–water partition coefficient (Wildman–Crippen LogP) is 2.76. The Labute approximate surface area is 165 Å². The first-order chi connectivity index (χ1) is 13.1. The average Bonchev–Trinajstić information content (AvgIpc) is 3.17. The van der Waals surface area contributed by atoms with Crippen molar-refractivity contribution in [3.63, 3.8) is 0 Å². The second-order valence-corrected chi connectivity index (χ2v) is 7.75. The molecule has 2 atom stereocenters. The molecule has 2 N–H and O–H groups in total. The van der Waals surface area contributed by atoms with E-state index in [1.165, 1.54) is 11.3 Å². The first-order valence-corrected chi connectivity index (χ1v) is 9.84. The van der Waals surface area contributed by atoms with Gasteiger partial charge in [0, 0.05) is 43.4 Å². The molecular formula is C21H25ClN4O. The largest absolute Gasteiger partial charge is 0.368 e. The number of amides is 1. The molecule has 2 heterocycles. The summed E-state index contributed by atoms with van der Waals surface area (Å²) >= 11 is 6.14. The van der Waals surface area contributed by atoms with Crippen LogP contribution in [0.4, 0.5) is 5.69 Å². The molecule has 0 aliphatic carbocycles. The standard InChI is InChI=1S/C21H25ClN4O/c1-15-4-2-7-18(12-15)25-8-10-26(11-9-25)21(27)19-14-23-24-20(19)16-5-3-6-17(22)13-16/h2-7,12-13,19-20,23-24H,8-11,14H2,1H3. The van der Waals surface area contributed by atoms with Crippen molar-refractivity contribution < 1.29 is 4.79 Å². The molecule has 2 unspecified atom stereocenters. The minimum Gasteiger partial charge on any atom is -0.368 e. The molecule has 0 bridgehead atoms. The Hall–Kier alpha value is -2.08. The van der Waals surface area contributed by atoms with E-state index in [1.54, 1.807) is 0 Å². The van der Waals surface area contributed by atoms with Gasteiger partial charge in [0.15, 0.2) is 0 Å². The molecule has 0 aromatic heterocycles. The summed E-state index contributed by atoms with van der Waals surface area (Å²) in [6, 6.07) is 16.2. The van der Waals surface area contributed by atoms with Crippen LogP contribution in [0.25, 0.3) is 0 Å². The molecule has 27 heavy (non-hydrogen) atoms. The van der Waals surface area contributed by atoms with Crippen LogP contribution < -0.4 is 15.8 Å². The molecule has 6 heteroatoms. The number of anilines is 1. The SMILES string of the molecule is Cc1cccc(N2CCN(C(=O)C3CNNC3c3cccc(Cl)c3)CC2)c1. The van der Waals surface area contributed by atoms with E-state index in [-0.39, 0.29) is 17.9 Å². The molecule has 0 spiro atoms. The molecule has 4 rings (SSSR count). The minimum atomic E-state index is -0.117. The van der Waals surface area contributed by atoms with Gasteiger partial charge in [0.25, 0.3) is 0 Å². The van der Waals surface area contributed by atoms with Gasteiger partial charge >= 0.3 is 0 Å². The number of halogens is 1. The average molecular weight is 385 g/mol. The van der Waals surface area contributed by atoms with Crippen LogP contribution >= 0.6 is 11.6 Å². The summed E-state index contributed by atoms with van der Waals surface area (Å²) < 4.78 is 0. The first kappa shape index (κ1) is 18.3. The molecule has 5 nitrogen and oxygen atoms in total. The summed E-state index contributed by atoms with van der Waals surface area (Å²) in [6.45, 7) is 5.99. The van der Waals surface area contributed by atoms with Gasteiger partial charge in [-0.15, -0.1) is 0 Å². The van der Waals surface area contributed by atoms with Gasteiger partial charge in [-0.3, -0.25) is 10.2 Å². The van der Waals surface area contributed by atoms with Gasteiger partial charge in [-0.2, -0.15) is 0 Å². The Morgan fingerprint density at radius 3 is 2.59 bits per heavy atom. The Bertz CT molecular complexity index is 819. The van der Waals surface area contributed by atoms with Gasteiger partial charge in [0.1, 0.15) is 0 Å². The van der Waals surface area contributed by atoms with Crippen LogP contribution in [0, 0.1) is 12.8 Å². The van der Waals surface area contributed by atoms with Crippen molar-refractivity contribution in [3.05, 3.63) is 64.7 Å². The third kappa shape index (κ3) is 3.95. The highest BCUT2D eigenvalue weighted by molar-refractivity contribution is 6.30. The molecule has 2 aliphatic rings. The number of hydrogen-bond donors (Lipinski definition) is 2. The predicted molar refractivity (Wildman–Crippen MR) is 109 cm³/mol. The van der Waals surface area contributed by atoms with Crippen molar-refractivity contribution in [1.29, 1.82) is 0 Å². The number of benzene rings is 2. The van der Waals surface area contributed by atoms with Crippen LogP contribution in [0.5, 0.6) is 0 Å². The lowest BCUT2D eigenvalue weighted by Gasteiger charge is -2.37. The maximum atomic E-state index is 13.2. The van der Waals surface area contributed by atoms with Crippen LogP contribution in [0.3, 0.4) is 0 Å². The number of rotatable bonds is 3. The summed E-state index contributed by atoms with van der Waals surface area (Å²) in [7, 11) is 0. The van der Waals surface area contributed by atoms with E-state index in [2.05, 4.69) is 46.9 Å². The van der Waals surface area contributed by atoms with Crippen molar-refractivity contribution in [2.45, 2.75) is 13.0 Å². The monoisotopic (exact) mass is 384 g/mol. The zero-order valence-corrected chi connectivity index (χ0v) is 16.2. The summed E-state index contributed by atoms with van der Waals surface area (Å²) in [4.78, 5) is 17.5. The van der Waals surface area contributed by atoms with Crippen LogP contribution in [0.15, 0.2) is 48.5 Å². The van der Waals surface area contributed by atoms with E-state index in [9.17, 15) is 4.79 Å². The van der Waals surface area contributed by atoms with Crippen LogP contribution in [0.1, 0.15) is 17.2 Å². The molecule has 142 valence electrons. The van der Waals surface area contributed by atoms with Crippen LogP contribution in [-0.2, 0) is 4.79 Å². The topological polar surface area (TPSA) is 47.6 Å². The van der Waals surface area contributed by atoms with Crippen LogP contribution in [-0.4, -0.2) is 43.5 Å². The summed E-state index contributed by atoms with van der Waals surface area (Å²) in [5, 5.41) is 0.694. The molecule has 2 saturated heterocycles. The van der Waals surface area contributed by atoms with Crippen molar-refractivity contribution in [2.24, 2.45) is 5.92 Å². The fourth-order valence-electron chi connectivity index (χ4n) is 3.99. The van der Waals surface area contributed by atoms with E-state index in [1.807, 2.05) is 29.2 Å². The fourth-order valence-corrected chi connectivity index (χ4v) is 4.19. The van der Waals surface area contributed by atoms with Crippen molar-refractivity contribution in [2.75, 3.05) is 37.6 Å². The van der Waals surface area contributed by atoms with Crippen LogP contribution in [0.2, 0.25) is 5.02 Å². The number of nitrogens with one attached hydrogen (secondary N) is 2. The highest BCUT2D eigenvalue weighted by atomic mass is 35.5. The quantitative estimate of drug-likeness (QED) is 0.854. The molecule has 2 aliphatic heterocycles. The third-order valence-electron chi connectivity index (χ3n) is 5.47. The smallest absolute Gasteiger partial charge is 0.229 e. The fraction of sp³-hybridized carbons (Fsp3) is 0.381. The highest BCUT2D eigenvalue weighted by Crippen LogP contribution is 2.29. The number of piperazine rings is 1. The number of carbonyl (C=O) groups excluding carboxylic acids is 1. The first-order valence-electron chi connectivity index (χ1n) is 9.46. The Morgan fingerprint density at radius 1 is 1.07 bits per heavy atom. The molecule has 2 fully saturated rings. The van der Waals surface area contributed by atoms with Crippen molar-refractivity contribution >= 4 is 23.2 Å². The van der Waals surface area contributed by atoms with Gasteiger partial charge < -0.3 is 9.80 Å². The lowest BCUT2D eigenvalue weighted by Crippen LogP contribution is -2.51. The molecular weight excluding hydrogens is 360 g/mol. The lowest BCUT2D eigenvalue weighted by atomic mass is 9.93. The maximum Gasteiger partial charge on any atom is 0.229 e. The number of carbonyl (C=O) groups is 1. The summed E-state index contributed by atoms with van der Waals surface area (Å²) in [6.07, 6.45) is 0. The lowest BCUT2D eigenvalue weighted by molar-refractivity contribution is -0.135. The third-order valence-corrected chi connectivity index (χ3v) is 5.70. The molecule has 0 radical (unpaired) electrons. The van der Waals surface area contributed by atoms with Gasteiger partial charge in [-0.25, -0.2) is 5.43 Å². The molecule has 0 saturated carbocycles. The van der Waals surface area contributed by atoms with Crippen molar-refractivity contribution in [3.8, 4) is 0 Å². The summed E-state index contributed by atoms with van der Waals surface area (Å²) in [5.74, 6) is 0.0929. The van der Waals surface area contributed by atoms with Gasteiger partial charge in [0.05, 0.1) is 12.0 Å². The van der Waals surface area contributed by atoms with Gasteiger partial charge in [-0.1, -0.05) is 35.9 Å². The molecule has 2 aromatic carbocycles. The van der Waals surface area contributed by atoms with E-state index < -0.39 is 0 Å². The van der Waals surface area contributed by atoms with E-state index in [0.29, 0.717) is 11.6 Å².